The molecule has 0 saturated carbocycles. The fraction of sp³-hybridized carbons (Fsp3) is 0.182. The van der Waals surface area contributed by atoms with E-state index in [4.69, 9.17) is 16.0 Å². The number of nitrogens with zero attached hydrogens (tertiary/aromatic N) is 1. The van der Waals surface area contributed by atoms with Gasteiger partial charge in [-0.3, -0.25) is 9.59 Å². The minimum Gasteiger partial charge on any atom is -0.459 e. The van der Waals surface area contributed by atoms with E-state index in [-0.39, 0.29) is 27.3 Å². The van der Waals surface area contributed by atoms with Gasteiger partial charge in [0.05, 0.1) is 21.7 Å². The van der Waals surface area contributed by atoms with Crippen molar-refractivity contribution in [2.75, 3.05) is 17.7 Å². The molecule has 0 bridgehead atoms. The molecule has 0 saturated heterocycles. The highest BCUT2D eigenvalue weighted by molar-refractivity contribution is 7.89. The first-order valence-electron chi connectivity index (χ1n) is 9.63. The van der Waals surface area contributed by atoms with Crippen LogP contribution >= 0.6 is 11.6 Å². The molecule has 0 aliphatic heterocycles. The first kappa shape index (κ1) is 23.5. The molecule has 1 heterocycles. The molecular formula is C22H22ClN3O5S. The third kappa shape index (κ3) is 5.18. The average molecular weight is 476 g/mol. The SMILES string of the molecule is CC(C)N(C)S(=O)(=O)c1ccc(Cl)c(C(=O)Nc2ccc(NC(=O)c3ccco3)cc2)c1. The van der Waals surface area contributed by atoms with Crippen molar-refractivity contribution in [3.05, 3.63) is 77.2 Å². The van der Waals surface area contributed by atoms with Crippen LogP contribution in [0.4, 0.5) is 11.4 Å². The Balaban J connectivity index is 1.75. The lowest BCUT2D eigenvalue weighted by Gasteiger charge is -2.21. The van der Waals surface area contributed by atoms with E-state index in [1.54, 1.807) is 50.2 Å². The van der Waals surface area contributed by atoms with Crippen LogP contribution in [0.1, 0.15) is 34.8 Å². The van der Waals surface area contributed by atoms with Crippen LogP contribution in [0.15, 0.2) is 70.2 Å². The molecule has 0 aliphatic carbocycles. The van der Waals surface area contributed by atoms with Gasteiger partial charge in [0, 0.05) is 24.5 Å². The summed E-state index contributed by atoms with van der Waals surface area (Å²) < 4.78 is 31.7. The molecule has 0 atom stereocenters. The number of anilines is 2. The predicted molar refractivity (Wildman–Crippen MR) is 123 cm³/mol. The van der Waals surface area contributed by atoms with Crippen molar-refractivity contribution in [2.45, 2.75) is 24.8 Å². The lowest BCUT2D eigenvalue weighted by atomic mass is 10.2. The summed E-state index contributed by atoms with van der Waals surface area (Å²) in [6.45, 7) is 3.50. The van der Waals surface area contributed by atoms with Gasteiger partial charge in [-0.15, -0.1) is 0 Å². The molecule has 1 aromatic heterocycles. The molecule has 0 fully saturated rings. The highest BCUT2D eigenvalue weighted by atomic mass is 35.5. The summed E-state index contributed by atoms with van der Waals surface area (Å²) in [6, 6.07) is 13.3. The molecular weight excluding hydrogens is 454 g/mol. The largest absolute Gasteiger partial charge is 0.459 e. The number of halogens is 1. The number of carbonyl (C=O) groups excluding carboxylic acids is 2. The maximum Gasteiger partial charge on any atom is 0.291 e. The Morgan fingerprint density at radius 3 is 2.09 bits per heavy atom. The lowest BCUT2D eigenvalue weighted by Crippen LogP contribution is -2.33. The summed E-state index contributed by atoms with van der Waals surface area (Å²) in [5.74, 6) is -0.787. The Morgan fingerprint density at radius 2 is 1.56 bits per heavy atom. The second kappa shape index (κ2) is 9.56. The zero-order chi connectivity index (χ0) is 23.5. The van der Waals surface area contributed by atoms with Gasteiger partial charge in [0.2, 0.25) is 10.0 Å². The first-order chi connectivity index (χ1) is 15.1. The van der Waals surface area contributed by atoms with Crippen LogP contribution in [0.25, 0.3) is 0 Å². The van der Waals surface area contributed by atoms with Gasteiger partial charge in [-0.2, -0.15) is 4.31 Å². The summed E-state index contributed by atoms with van der Waals surface area (Å²) in [4.78, 5) is 24.7. The number of sulfonamides is 1. The third-order valence-corrected chi connectivity index (χ3v) is 7.09. The number of carbonyl (C=O) groups is 2. The zero-order valence-corrected chi connectivity index (χ0v) is 19.2. The molecule has 3 aromatic rings. The maximum absolute atomic E-state index is 12.7. The second-order valence-electron chi connectivity index (χ2n) is 7.22. The topological polar surface area (TPSA) is 109 Å². The number of rotatable bonds is 7. The standard InChI is InChI=1S/C22H22ClN3O5S/c1-14(2)26(3)32(29,30)17-10-11-19(23)18(13-17)21(27)24-15-6-8-16(9-7-15)25-22(28)20-5-4-12-31-20/h4-14H,1-3H3,(H,24,27)(H,25,28). The minimum absolute atomic E-state index is 0.0279. The number of nitrogens with one attached hydrogen (secondary N) is 2. The van der Waals surface area contributed by atoms with E-state index in [0.29, 0.717) is 11.4 Å². The number of furan rings is 1. The van der Waals surface area contributed by atoms with Gasteiger partial charge in [0.25, 0.3) is 11.8 Å². The highest BCUT2D eigenvalue weighted by Crippen LogP contribution is 2.25. The van der Waals surface area contributed by atoms with Crippen LogP contribution in [-0.4, -0.2) is 37.6 Å². The molecule has 2 aromatic carbocycles. The predicted octanol–water partition coefficient (Wildman–Crippen LogP) is 4.47. The molecule has 3 rings (SSSR count). The highest BCUT2D eigenvalue weighted by Gasteiger charge is 2.25. The molecule has 2 amide bonds. The summed E-state index contributed by atoms with van der Waals surface area (Å²) in [6.07, 6.45) is 1.40. The molecule has 0 aliphatic rings. The normalized spacial score (nSPS) is 11.6. The Morgan fingerprint density at radius 1 is 0.969 bits per heavy atom. The van der Waals surface area contributed by atoms with E-state index in [1.807, 2.05) is 0 Å². The van der Waals surface area contributed by atoms with E-state index in [0.717, 1.165) is 0 Å². The minimum atomic E-state index is -3.77. The summed E-state index contributed by atoms with van der Waals surface area (Å²) in [5, 5.41) is 5.47. The van der Waals surface area contributed by atoms with E-state index in [2.05, 4.69) is 10.6 Å². The molecule has 0 unspecified atom stereocenters. The van der Waals surface area contributed by atoms with Gasteiger partial charge < -0.3 is 15.1 Å². The maximum atomic E-state index is 12.7. The van der Waals surface area contributed by atoms with Crippen LogP contribution in [0.5, 0.6) is 0 Å². The average Bonchev–Trinajstić information content (AvgIpc) is 3.29. The molecule has 32 heavy (non-hydrogen) atoms. The van der Waals surface area contributed by atoms with Crippen molar-refractivity contribution in [1.29, 1.82) is 0 Å². The van der Waals surface area contributed by atoms with Crippen LogP contribution in [0, 0.1) is 0 Å². The molecule has 0 radical (unpaired) electrons. The van der Waals surface area contributed by atoms with Gasteiger partial charge in [-0.1, -0.05) is 11.6 Å². The van der Waals surface area contributed by atoms with Gasteiger partial charge in [-0.05, 0) is 68.4 Å². The van der Waals surface area contributed by atoms with Crippen LogP contribution in [0.3, 0.4) is 0 Å². The zero-order valence-electron chi connectivity index (χ0n) is 17.6. The monoisotopic (exact) mass is 475 g/mol. The van der Waals surface area contributed by atoms with E-state index in [1.165, 1.54) is 35.8 Å². The van der Waals surface area contributed by atoms with Crippen molar-refractivity contribution >= 4 is 44.8 Å². The first-order valence-corrected chi connectivity index (χ1v) is 11.4. The smallest absolute Gasteiger partial charge is 0.291 e. The number of amides is 2. The molecule has 8 nitrogen and oxygen atoms in total. The Kier molecular flexibility index (Phi) is 7.02. The summed E-state index contributed by atoms with van der Waals surface area (Å²) in [5.41, 5.74) is 0.974. The van der Waals surface area contributed by atoms with Crippen molar-refractivity contribution in [2.24, 2.45) is 0 Å². The Bertz CT molecular complexity index is 1220. The number of hydrogen-bond donors (Lipinski definition) is 2. The molecule has 10 heteroatoms. The number of hydrogen-bond acceptors (Lipinski definition) is 5. The van der Waals surface area contributed by atoms with Crippen molar-refractivity contribution in [3.63, 3.8) is 0 Å². The van der Waals surface area contributed by atoms with Gasteiger partial charge in [0.15, 0.2) is 5.76 Å². The number of benzene rings is 2. The fourth-order valence-corrected chi connectivity index (χ4v) is 4.32. The summed E-state index contributed by atoms with van der Waals surface area (Å²) >= 11 is 6.16. The van der Waals surface area contributed by atoms with E-state index >= 15 is 0 Å². The van der Waals surface area contributed by atoms with Crippen LogP contribution in [-0.2, 0) is 10.0 Å². The van der Waals surface area contributed by atoms with Crippen molar-refractivity contribution < 1.29 is 22.4 Å². The second-order valence-corrected chi connectivity index (χ2v) is 9.62. The Labute approximate surface area is 191 Å². The third-order valence-electron chi connectivity index (χ3n) is 4.73. The van der Waals surface area contributed by atoms with Gasteiger partial charge in [0.1, 0.15) is 0 Å². The quantitative estimate of drug-likeness (QED) is 0.524. The van der Waals surface area contributed by atoms with Crippen molar-refractivity contribution in [3.8, 4) is 0 Å². The Hall–Kier alpha value is -3.14. The molecule has 2 N–H and O–H groups in total. The van der Waals surface area contributed by atoms with Gasteiger partial charge in [-0.25, -0.2) is 8.42 Å². The van der Waals surface area contributed by atoms with Crippen molar-refractivity contribution in [1.82, 2.24) is 4.31 Å². The van der Waals surface area contributed by atoms with E-state index < -0.39 is 21.8 Å². The lowest BCUT2D eigenvalue weighted by molar-refractivity contribution is 0.0994. The molecule has 0 spiro atoms. The van der Waals surface area contributed by atoms with E-state index in [9.17, 15) is 18.0 Å². The fourth-order valence-electron chi connectivity index (χ4n) is 2.72. The van der Waals surface area contributed by atoms with Crippen LogP contribution < -0.4 is 10.6 Å². The van der Waals surface area contributed by atoms with Crippen LogP contribution in [0.2, 0.25) is 5.02 Å². The van der Waals surface area contributed by atoms with Gasteiger partial charge >= 0.3 is 0 Å². The summed E-state index contributed by atoms with van der Waals surface area (Å²) in [7, 11) is -2.30. The molecule has 168 valence electrons.